The van der Waals surface area contributed by atoms with Crippen LogP contribution in [0.4, 0.5) is 5.69 Å². The molecule has 0 atom stereocenters. The monoisotopic (exact) mass is 236 g/mol. The van der Waals surface area contributed by atoms with E-state index in [2.05, 4.69) is 6.58 Å². The van der Waals surface area contributed by atoms with Gasteiger partial charge >= 0.3 is 0 Å². The standard InChI is InChI=1S/C11H9ClN2O2/c1-8(12)7-13-6-5-9-10(13)3-2-4-11(9)14(15)16/h2-6H,1,7H2. The van der Waals surface area contributed by atoms with Crippen LogP contribution in [0.5, 0.6) is 0 Å². The molecule has 0 N–H and O–H groups in total. The summed E-state index contributed by atoms with van der Waals surface area (Å²) in [7, 11) is 0. The number of non-ortho nitro benzene ring substituents is 1. The van der Waals surface area contributed by atoms with Crippen molar-refractivity contribution in [3.05, 3.63) is 52.2 Å². The summed E-state index contributed by atoms with van der Waals surface area (Å²) in [5.41, 5.74) is 0.896. The Morgan fingerprint density at radius 2 is 2.25 bits per heavy atom. The molecule has 0 saturated heterocycles. The fraction of sp³-hybridized carbons (Fsp3) is 0.0909. The van der Waals surface area contributed by atoms with Gasteiger partial charge in [-0.05, 0) is 12.1 Å². The zero-order chi connectivity index (χ0) is 11.7. The number of fused-ring (bicyclic) bond motifs is 1. The first kappa shape index (κ1) is 10.7. The summed E-state index contributed by atoms with van der Waals surface area (Å²) in [6.45, 7) is 4.06. The highest BCUT2D eigenvalue weighted by atomic mass is 35.5. The molecule has 16 heavy (non-hydrogen) atoms. The van der Waals surface area contributed by atoms with Gasteiger partial charge in [0.15, 0.2) is 0 Å². The third kappa shape index (κ3) is 1.79. The molecule has 0 amide bonds. The van der Waals surface area contributed by atoms with Crippen molar-refractivity contribution in [2.75, 3.05) is 0 Å². The normalized spacial score (nSPS) is 10.6. The fourth-order valence-electron chi connectivity index (χ4n) is 1.69. The Labute approximate surface area is 96.9 Å². The molecule has 1 aromatic carbocycles. The van der Waals surface area contributed by atoms with E-state index in [4.69, 9.17) is 11.6 Å². The Kier molecular flexibility index (Phi) is 2.66. The van der Waals surface area contributed by atoms with Gasteiger partial charge in [0.05, 0.1) is 22.4 Å². The number of allylic oxidation sites excluding steroid dienone is 1. The van der Waals surface area contributed by atoms with Crippen LogP contribution in [0.3, 0.4) is 0 Å². The van der Waals surface area contributed by atoms with Crippen molar-refractivity contribution in [3.8, 4) is 0 Å². The lowest BCUT2D eigenvalue weighted by molar-refractivity contribution is -0.383. The van der Waals surface area contributed by atoms with Gasteiger partial charge in [0.1, 0.15) is 0 Å². The lowest BCUT2D eigenvalue weighted by atomic mass is 10.2. The molecule has 0 aliphatic heterocycles. The summed E-state index contributed by atoms with van der Waals surface area (Å²) in [6, 6.07) is 6.69. The molecule has 82 valence electrons. The van der Waals surface area contributed by atoms with Gasteiger partial charge in [-0.1, -0.05) is 24.2 Å². The Morgan fingerprint density at radius 3 is 2.88 bits per heavy atom. The minimum absolute atomic E-state index is 0.108. The molecule has 5 heteroatoms. The average molecular weight is 237 g/mol. The Morgan fingerprint density at radius 1 is 1.50 bits per heavy atom. The first-order valence-electron chi connectivity index (χ1n) is 4.65. The van der Waals surface area contributed by atoms with Crippen LogP contribution in [0.15, 0.2) is 42.1 Å². The average Bonchev–Trinajstić information content (AvgIpc) is 2.60. The predicted octanol–water partition coefficient (Wildman–Crippen LogP) is 3.30. The van der Waals surface area contributed by atoms with Crippen LogP contribution >= 0.6 is 11.6 Å². The molecule has 1 aromatic heterocycles. The highest BCUT2D eigenvalue weighted by molar-refractivity contribution is 6.29. The third-order valence-corrected chi connectivity index (χ3v) is 2.45. The largest absolute Gasteiger partial charge is 0.342 e. The number of nitro groups is 1. The van der Waals surface area contributed by atoms with Crippen LogP contribution in [0.25, 0.3) is 10.9 Å². The third-order valence-electron chi connectivity index (χ3n) is 2.33. The number of nitro benzene ring substituents is 1. The maximum absolute atomic E-state index is 10.8. The van der Waals surface area contributed by atoms with Crippen LogP contribution in [-0.4, -0.2) is 9.49 Å². The second kappa shape index (κ2) is 3.98. The molecule has 1 heterocycles. The van der Waals surface area contributed by atoms with Crippen LogP contribution in [0.1, 0.15) is 0 Å². The highest BCUT2D eigenvalue weighted by Gasteiger charge is 2.13. The minimum atomic E-state index is -0.387. The van der Waals surface area contributed by atoms with Crippen LogP contribution in [0, 0.1) is 10.1 Å². The van der Waals surface area contributed by atoms with E-state index in [0.29, 0.717) is 17.0 Å². The van der Waals surface area contributed by atoms with Gasteiger partial charge in [0, 0.05) is 17.3 Å². The van der Waals surface area contributed by atoms with Crippen LogP contribution < -0.4 is 0 Å². The molecule has 0 saturated carbocycles. The summed E-state index contributed by atoms with van der Waals surface area (Å²) in [4.78, 5) is 10.4. The summed E-state index contributed by atoms with van der Waals surface area (Å²) in [6.07, 6.45) is 1.77. The summed E-state index contributed by atoms with van der Waals surface area (Å²) in [5.74, 6) is 0. The van der Waals surface area contributed by atoms with E-state index in [-0.39, 0.29) is 10.6 Å². The number of nitrogens with zero attached hydrogens (tertiary/aromatic N) is 2. The van der Waals surface area contributed by atoms with Gasteiger partial charge < -0.3 is 4.57 Å². The predicted molar refractivity (Wildman–Crippen MR) is 63.6 cm³/mol. The van der Waals surface area contributed by atoms with E-state index >= 15 is 0 Å². The fourth-order valence-corrected chi connectivity index (χ4v) is 1.82. The van der Waals surface area contributed by atoms with Crippen molar-refractivity contribution in [1.29, 1.82) is 0 Å². The summed E-state index contributed by atoms with van der Waals surface area (Å²) in [5, 5.41) is 11.9. The number of rotatable bonds is 3. The lowest BCUT2D eigenvalue weighted by Gasteiger charge is -2.02. The molecule has 0 fully saturated rings. The van der Waals surface area contributed by atoms with Gasteiger partial charge in [-0.2, -0.15) is 0 Å². The van der Waals surface area contributed by atoms with Crippen molar-refractivity contribution in [2.45, 2.75) is 6.54 Å². The number of benzene rings is 1. The number of hydrogen-bond acceptors (Lipinski definition) is 2. The van der Waals surface area contributed by atoms with Crippen molar-refractivity contribution in [1.82, 2.24) is 4.57 Å². The molecule has 0 unspecified atom stereocenters. The van der Waals surface area contributed by atoms with Crippen LogP contribution in [-0.2, 0) is 6.54 Å². The van der Waals surface area contributed by atoms with E-state index < -0.39 is 0 Å². The number of halogens is 1. The van der Waals surface area contributed by atoms with Gasteiger partial charge in [0.25, 0.3) is 5.69 Å². The minimum Gasteiger partial charge on any atom is -0.342 e. The zero-order valence-corrected chi connectivity index (χ0v) is 9.15. The Hall–Kier alpha value is -1.81. The Balaban J connectivity index is 2.61. The highest BCUT2D eigenvalue weighted by Crippen LogP contribution is 2.26. The second-order valence-corrected chi connectivity index (χ2v) is 3.96. The maximum atomic E-state index is 10.8. The Bertz CT molecular complexity index is 574. The van der Waals surface area contributed by atoms with E-state index in [9.17, 15) is 10.1 Å². The zero-order valence-electron chi connectivity index (χ0n) is 8.39. The van der Waals surface area contributed by atoms with E-state index in [1.54, 1.807) is 18.3 Å². The SMILES string of the molecule is C=C(Cl)Cn1ccc2c([N+](=O)[O-])cccc21. The first-order chi connectivity index (χ1) is 7.59. The van der Waals surface area contributed by atoms with E-state index in [0.717, 1.165) is 5.52 Å². The second-order valence-electron chi connectivity index (χ2n) is 3.43. The van der Waals surface area contributed by atoms with Gasteiger partial charge in [-0.25, -0.2) is 0 Å². The molecular formula is C11H9ClN2O2. The first-order valence-corrected chi connectivity index (χ1v) is 5.03. The van der Waals surface area contributed by atoms with Crippen molar-refractivity contribution in [3.63, 3.8) is 0 Å². The summed E-state index contributed by atoms with van der Waals surface area (Å²) >= 11 is 5.72. The lowest BCUT2D eigenvalue weighted by Crippen LogP contribution is -1.95. The number of hydrogen-bond donors (Lipinski definition) is 0. The van der Waals surface area contributed by atoms with Gasteiger partial charge in [-0.15, -0.1) is 0 Å². The molecule has 0 spiro atoms. The number of aromatic nitrogens is 1. The van der Waals surface area contributed by atoms with Crippen molar-refractivity contribution >= 4 is 28.2 Å². The molecule has 0 aliphatic rings. The molecular weight excluding hydrogens is 228 g/mol. The van der Waals surface area contributed by atoms with Crippen molar-refractivity contribution in [2.24, 2.45) is 0 Å². The molecule has 2 aromatic rings. The van der Waals surface area contributed by atoms with E-state index in [1.807, 2.05) is 10.6 Å². The smallest absolute Gasteiger partial charge is 0.278 e. The molecule has 0 radical (unpaired) electrons. The maximum Gasteiger partial charge on any atom is 0.278 e. The molecule has 4 nitrogen and oxygen atoms in total. The molecule has 0 bridgehead atoms. The van der Waals surface area contributed by atoms with Crippen molar-refractivity contribution < 1.29 is 4.92 Å². The van der Waals surface area contributed by atoms with E-state index in [1.165, 1.54) is 6.07 Å². The van der Waals surface area contributed by atoms with Gasteiger partial charge in [0.2, 0.25) is 0 Å². The quantitative estimate of drug-likeness (QED) is 0.606. The molecule has 0 aliphatic carbocycles. The van der Waals surface area contributed by atoms with Crippen LogP contribution in [0.2, 0.25) is 0 Å². The summed E-state index contributed by atoms with van der Waals surface area (Å²) < 4.78 is 1.83. The van der Waals surface area contributed by atoms with Gasteiger partial charge in [-0.3, -0.25) is 10.1 Å². The topological polar surface area (TPSA) is 48.1 Å². The molecule has 2 rings (SSSR count).